The molecule has 0 N–H and O–H groups in total. The maximum absolute atomic E-state index is 5.02. The fraction of sp³-hybridized carbons (Fsp3) is 0.0741. The zero-order chi connectivity index (χ0) is 20.9. The summed E-state index contributed by atoms with van der Waals surface area (Å²) in [5.74, 6) is 0.701. The Hall–Kier alpha value is -4.05. The highest BCUT2D eigenvalue weighted by molar-refractivity contribution is 6.03. The van der Waals surface area contributed by atoms with Crippen LogP contribution in [0.4, 0.5) is 11.5 Å². The molecule has 0 saturated carbocycles. The molecule has 0 amide bonds. The summed E-state index contributed by atoms with van der Waals surface area (Å²) in [5.41, 5.74) is 5.63. The summed E-state index contributed by atoms with van der Waals surface area (Å²) in [5, 5.41) is 7.15. The van der Waals surface area contributed by atoms with Gasteiger partial charge in [-0.2, -0.15) is 5.10 Å². The Labute approximate surface area is 182 Å². The van der Waals surface area contributed by atoms with Crippen LogP contribution in [0.15, 0.2) is 119 Å². The maximum atomic E-state index is 5.02. The van der Waals surface area contributed by atoms with Crippen molar-refractivity contribution in [3.05, 3.63) is 126 Å². The van der Waals surface area contributed by atoms with Crippen molar-refractivity contribution < 1.29 is 0 Å². The van der Waals surface area contributed by atoms with Gasteiger partial charge < -0.3 is 0 Å². The standard InChI is InChI=1S/C27H22N4/c1-3-9-22(10-4-1)25-19-26(23-11-5-2-6-12-23)31(30-25)24-16-14-21(15-17-24)20-29-27-13-7-8-18-28-27/h1-18,20,26H,19H2/t26-/m1/s1. The van der Waals surface area contributed by atoms with E-state index in [4.69, 9.17) is 5.10 Å². The number of hydrogen-bond acceptors (Lipinski definition) is 4. The van der Waals surface area contributed by atoms with E-state index in [1.165, 1.54) is 11.1 Å². The van der Waals surface area contributed by atoms with E-state index in [-0.39, 0.29) is 6.04 Å². The van der Waals surface area contributed by atoms with Crippen LogP contribution in [0.3, 0.4) is 0 Å². The number of pyridine rings is 1. The summed E-state index contributed by atoms with van der Waals surface area (Å²) in [6.45, 7) is 0. The number of rotatable bonds is 5. The van der Waals surface area contributed by atoms with Gasteiger partial charge in [-0.05, 0) is 41.0 Å². The Bertz CT molecular complexity index is 1180. The van der Waals surface area contributed by atoms with Crippen molar-refractivity contribution in [2.75, 3.05) is 5.01 Å². The highest BCUT2D eigenvalue weighted by Crippen LogP contribution is 2.36. The number of hydrazone groups is 1. The molecule has 2 heterocycles. The first-order chi connectivity index (χ1) is 15.4. The van der Waals surface area contributed by atoms with Crippen LogP contribution in [0.1, 0.15) is 29.2 Å². The smallest absolute Gasteiger partial charge is 0.151 e. The van der Waals surface area contributed by atoms with E-state index in [1.54, 1.807) is 6.20 Å². The molecular weight excluding hydrogens is 380 g/mol. The van der Waals surface area contributed by atoms with Gasteiger partial charge in [0.25, 0.3) is 0 Å². The third kappa shape index (κ3) is 4.28. The molecule has 1 aliphatic heterocycles. The molecule has 0 unspecified atom stereocenters. The monoisotopic (exact) mass is 402 g/mol. The van der Waals surface area contributed by atoms with Gasteiger partial charge in [-0.3, -0.25) is 5.01 Å². The van der Waals surface area contributed by atoms with Crippen LogP contribution in [0.2, 0.25) is 0 Å². The van der Waals surface area contributed by atoms with Crippen molar-refractivity contribution >= 4 is 23.4 Å². The minimum Gasteiger partial charge on any atom is -0.257 e. The second-order valence-electron chi connectivity index (χ2n) is 7.43. The fourth-order valence-electron chi connectivity index (χ4n) is 3.77. The van der Waals surface area contributed by atoms with E-state index in [9.17, 15) is 0 Å². The predicted octanol–water partition coefficient (Wildman–Crippen LogP) is 6.19. The zero-order valence-electron chi connectivity index (χ0n) is 17.0. The topological polar surface area (TPSA) is 40.9 Å². The normalized spacial score (nSPS) is 15.9. The van der Waals surface area contributed by atoms with Crippen molar-refractivity contribution in [1.29, 1.82) is 0 Å². The Kier molecular flexibility index (Phi) is 5.35. The second kappa shape index (κ2) is 8.76. The molecule has 0 aliphatic carbocycles. The minimum atomic E-state index is 0.171. The van der Waals surface area contributed by atoms with E-state index < -0.39 is 0 Å². The quantitative estimate of drug-likeness (QED) is 0.374. The van der Waals surface area contributed by atoms with Gasteiger partial charge >= 0.3 is 0 Å². The molecule has 0 radical (unpaired) electrons. The Morgan fingerprint density at radius 3 is 2.19 bits per heavy atom. The van der Waals surface area contributed by atoms with E-state index in [0.717, 1.165) is 23.4 Å². The highest BCUT2D eigenvalue weighted by atomic mass is 15.5. The third-order valence-corrected chi connectivity index (χ3v) is 5.35. The Balaban J connectivity index is 1.44. The lowest BCUT2D eigenvalue weighted by Gasteiger charge is -2.24. The van der Waals surface area contributed by atoms with Crippen molar-refractivity contribution in [3.8, 4) is 0 Å². The second-order valence-corrected chi connectivity index (χ2v) is 7.43. The van der Waals surface area contributed by atoms with Gasteiger partial charge in [0, 0.05) is 18.8 Å². The van der Waals surface area contributed by atoms with E-state index in [1.807, 2.05) is 30.5 Å². The molecule has 3 aromatic carbocycles. The zero-order valence-corrected chi connectivity index (χ0v) is 17.0. The molecule has 5 rings (SSSR count). The molecular formula is C27H22N4. The van der Waals surface area contributed by atoms with Gasteiger partial charge in [-0.25, -0.2) is 9.98 Å². The lowest BCUT2D eigenvalue weighted by atomic mass is 9.98. The van der Waals surface area contributed by atoms with Crippen LogP contribution in [-0.2, 0) is 0 Å². The fourth-order valence-corrected chi connectivity index (χ4v) is 3.77. The molecule has 1 atom stereocenters. The van der Waals surface area contributed by atoms with Gasteiger partial charge in [-0.15, -0.1) is 0 Å². The molecule has 31 heavy (non-hydrogen) atoms. The first kappa shape index (κ1) is 18.9. The average molecular weight is 403 g/mol. The van der Waals surface area contributed by atoms with Crippen molar-refractivity contribution in [2.24, 2.45) is 10.1 Å². The molecule has 0 bridgehead atoms. The van der Waals surface area contributed by atoms with E-state index in [2.05, 4.69) is 93.8 Å². The molecule has 4 aromatic rings. The summed E-state index contributed by atoms with van der Waals surface area (Å²) in [4.78, 5) is 8.67. The van der Waals surface area contributed by atoms with Crippen molar-refractivity contribution in [2.45, 2.75) is 12.5 Å². The van der Waals surface area contributed by atoms with Gasteiger partial charge in [0.15, 0.2) is 5.82 Å². The number of anilines is 1. The Morgan fingerprint density at radius 2 is 1.48 bits per heavy atom. The first-order valence-electron chi connectivity index (χ1n) is 10.4. The van der Waals surface area contributed by atoms with Crippen LogP contribution in [0.25, 0.3) is 0 Å². The maximum Gasteiger partial charge on any atom is 0.151 e. The number of nitrogens with zero attached hydrogens (tertiary/aromatic N) is 4. The lowest BCUT2D eigenvalue weighted by molar-refractivity contribution is 0.709. The van der Waals surface area contributed by atoms with Gasteiger partial charge in [0.2, 0.25) is 0 Å². The first-order valence-corrected chi connectivity index (χ1v) is 10.4. The molecule has 1 aliphatic rings. The largest absolute Gasteiger partial charge is 0.257 e. The molecule has 150 valence electrons. The van der Waals surface area contributed by atoms with Crippen LogP contribution >= 0.6 is 0 Å². The van der Waals surface area contributed by atoms with Gasteiger partial charge in [-0.1, -0.05) is 78.9 Å². The third-order valence-electron chi connectivity index (χ3n) is 5.35. The van der Waals surface area contributed by atoms with Gasteiger partial charge in [0.1, 0.15) is 0 Å². The van der Waals surface area contributed by atoms with Crippen molar-refractivity contribution in [3.63, 3.8) is 0 Å². The van der Waals surface area contributed by atoms with Gasteiger partial charge in [0.05, 0.1) is 17.4 Å². The van der Waals surface area contributed by atoms with Crippen LogP contribution < -0.4 is 5.01 Å². The lowest BCUT2D eigenvalue weighted by Crippen LogP contribution is -2.18. The summed E-state index contributed by atoms with van der Waals surface area (Å²) in [6, 6.07) is 35.2. The van der Waals surface area contributed by atoms with E-state index in [0.29, 0.717) is 5.82 Å². The molecule has 1 aromatic heterocycles. The molecule has 0 fully saturated rings. The SMILES string of the molecule is C(=Nc1ccccn1)c1ccc(N2N=C(c3ccccc3)C[C@@H]2c2ccccc2)cc1. The van der Waals surface area contributed by atoms with Crippen molar-refractivity contribution in [1.82, 2.24) is 4.98 Å². The number of hydrogen-bond donors (Lipinski definition) is 0. The number of benzene rings is 3. The molecule has 4 heteroatoms. The summed E-state index contributed by atoms with van der Waals surface area (Å²) in [6.07, 6.45) is 4.45. The summed E-state index contributed by atoms with van der Waals surface area (Å²) < 4.78 is 0. The average Bonchev–Trinajstić information content (AvgIpc) is 3.30. The molecule has 0 saturated heterocycles. The summed E-state index contributed by atoms with van der Waals surface area (Å²) in [7, 11) is 0. The number of aromatic nitrogens is 1. The van der Waals surface area contributed by atoms with Crippen LogP contribution in [0, 0.1) is 0 Å². The highest BCUT2D eigenvalue weighted by Gasteiger charge is 2.29. The Morgan fingerprint density at radius 1 is 0.774 bits per heavy atom. The molecule has 4 nitrogen and oxygen atoms in total. The van der Waals surface area contributed by atoms with Crippen LogP contribution in [-0.4, -0.2) is 16.9 Å². The minimum absolute atomic E-state index is 0.171. The van der Waals surface area contributed by atoms with E-state index >= 15 is 0 Å². The van der Waals surface area contributed by atoms with Crippen LogP contribution in [0.5, 0.6) is 0 Å². The summed E-state index contributed by atoms with van der Waals surface area (Å²) >= 11 is 0. The number of aliphatic imine (C=N–C) groups is 1. The molecule has 0 spiro atoms. The predicted molar refractivity (Wildman–Crippen MR) is 127 cm³/mol.